The van der Waals surface area contributed by atoms with Crippen LogP contribution >= 0.6 is 11.8 Å². The second kappa shape index (κ2) is 9.14. The Morgan fingerprint density at radius 3 is 2.61 bits per heavy atom. The second-order valence-electron chi connectivity index (χ2n) is 5.71. The van der Waals surface area contributed by atoms with Gasteiger partial charge in [0.25, 0.3) is 11.8 Å². The molecule has 2 aromatic carbocycles. The number of thioether (sulfide) groups is 1. The summed E-state index contributed by atoms with van der Waals surface area (Å²) >= 11 is 1.26. The van der Waals surface area contributed by atoms with Gasteiger partial charge in [-0.15, -0.1) is 11.8 Å². The summed E-state index contributed by atoms with van der Waals surface area (Å²) in [5.41, 5.74) is 5.70. The van der Waals surface area contributed by atoms with Gasteiger partial charge in [0.15, 0.2) is 18.1 Å². The van der Waals surface area contributed by atoms with E-state index in [0.717, 1.165) is 4.90 Å². The number of hydrogen-bond acceptors (Lipinski definition) is 7. The number of carbonyl (C=O) groups is 3. The molecule has 0 atom stereocenters. The van der Waals surface area contributed by atoms with Gasteiger partial charge in [0.1, 0.15) is 13.2 Å². The van der Waals surface area contributed by atoms with E-state index in [1.165, 1.54) is 23.9 Å². The van der Waals surface area contributed by atoms with E-state index in [-0.39, 0.29) is 17.0 Å². The average Bonchev–Trinajstić information content (AvgIpc) is 2.70. The molecule has 2 amide bonds. The number of benzene rings is 2. The van der Waals surface area contributed by atoms with Crippen LogP contribution in [-0.2, 0) is 14.3 Å². The van der Waals surface area contributed by atoms with Gasteiger partial charge in [0.05, 0.1) is 17.0 Å². The third-order valence-corrected chi connectivity index (χ3v) is 4.67. The number of ether oxygens (including phenoxy) is 3. The molecule has 1 aliphatic heterocycles. The second-order valence-corrected chi connectivity index (χ2v) is 6.76. The first-order valence-corrected chi connectivity index (χ1v) is 9.38. The maximum absolute atomic E-state index is 11.9. The molecule has 0 saturated carbocycles. The Morgan fingerprint density at radius 2 is 1.82 bits per heavy atom. The molecule has 0 radical (unpaired) electrons. The zero-order valence-electron chi connectivity index (χ0n) is 14.8. The van der Waals surface area contributed by atoms with Crippen molar-refractivity contribution in [2.75, 3.05) is 30.9 Å². The van der Waals surface area contributed by atoms with Crippen molar-refractivity contribution in [2.45, 2.75) is 4.90 Å². The molecule has 28 heavy (non-hydrogen) atoms. The van der Waals surface area contributed by atoms with Gasteiger partial charge in [-0.2, -0.15) is 0 Å². The fourth-order valence-electron chi connectivity index (χ4n) is 2.44. The van der Waals surface area contributed by atoms with Crippen LogP contribution in [-0.4, -0.2) is 43.4 Å². The Morgan fingerprint density at radius 1 is 1.07 bits per heavy atom. The summed E-state index contributed by atoms with van der Waals surface area (Å²) in [4.78, 5) is 36.0. The molecular formula is C19H18N2O6S. The maximum Gasteiger partial charge on any atom is 0.316 e. The SMILES string of the molecule is NC(=O)c1ccccc1NC(=O)COC(=O)CSc1ccc2c(c1)OCCO2. The number of carbonyl (C=O) groups excluding carboxylic acids is 3. The Kier molecular flexibility index (Phi) is 6.38. The normalized spacial score (nSPS) is 12.1. The standard InChI is InChI=1S/C19H18N2O6S/c20-19(24)13-3-1-2-4-14(13)21-17(22)10-27-18(23)11-28-12-5-6-15-16(9-12)26-8-7-25-15/h1-6,9H,7-8,10-11H2,(H2,20,24)(H,21,22). The number of fused-ring (bicyclic) bond motifs is 1. The van der Waals surface area contributed by atoms with Gasteiger partial charge < -0.3 is 25.3 Å². The molecule has 2 aromatic rings. The number of anilines is 1. The van der Waals surface area contributed by atoms with Crippen molar-refractivity contribution in [1.82, 2.24) is 0 Å². The minimum atomic E-state index is -0.663. The average molecular weight is 402 g/mol. The van der Waals surface area contributed by atoms with Crippen LogP contribution < -0.4 is 20.5 Å². The number of para-hydroxylation sites is 1. The lowest BCUT2D eigenvalue weighted by molar-refractivity contribution is -0.144. The molecule has 0 aliphatic carbocycles. The molecule has 1 aliphatic rings. The fourth-order valence-corrected chi connectivity index (χ4v) is 3.16. The summed E-state index contributed by atoms with van der Waals surface area (Å²) in [5.74, 6) is -0.429. The minimum absolute atomic E-state index is 0.0325. The van der Waals surface area contributed by atoms with E-state index in [9.17, 15) is 14.4 Å². The van der Waals surface area contributed by atoms with Crippen LogP contribution in [0.25, 0.3) is 0 Å². The molecule has 3 rings (SSSR count). The van der Waals surface area contributed by atoms with Crippen LogP contribution in [0.3, 0.4) is 0 Å². The van der Waals surface area contributed by atoms with Crippen molar-refractivity contribution in [3.05, 3.63) is 48.0 Å². The van der Waals surface area contributed by atoms with Crippen LogP contribution in [0.15, 0.2) is 47.4 Å². The summed E-state index contributed by atoms with van der Waals surface area (Å²) in [5, 5.41) is 2.50. The van der Waals surface area contributed by atoms with Crippen LogP contribution in [0, 0.1) is 0 Å². The number of primary amides is 1. The number of esters is 1. The zero-order valence-corrected chi connectivity index (χ0v) is 15.6. The largest absolute Gasteiger partial charge is 0.486 e. The van der Waals surface area contributed by atoms with Crippen molar-refractivity contribution >= 4 is 35.2 Å². The number of nitrogens with one attached hydrogen (secondary N) is 1. The summed E-state index contributed by atoms with van der Waals surface area (Å²) in [6.45, 7) is 0.530. The van der Waals surface area contributed by atoms with Gasteiger partial charge in [-0.05, 0) is 30.3 Å². The van der Waals surface area contributed by atoms with Crippen molar-refractivity contribution in [2.24, 2.45) is 5.73 Å². The third-order valence-electron chi connectivity index (χ3n) is 3.70. The molecule has 0 unspecified atom stereocenters. The van der Waals surface area contributed by atoms with Crippen LogP contribution in [0.4, 0.5) is 5.69 Å². The van der Waals surface area contributed by atoms with E-state index in [1.807, 2.05) is 6.07 Å². The molecule has 0 bridgehead atoms. The van der Waals surface area contributed by atoms with Crippen LogP contribution in [0.5, 0.6) is 11.5 Å². The minimum Gasteiger partial charge on any atom is -0.486 e. The molecule has 3 N–H and O–H groups in total. The third kappa shape index (κ3) is 5.17. The van der Waals surface area contributed by atoms with Gasteiger partial charge in [0, 0.05) is 4.90 Å². The first-order valence-electron chi connectivity index (χ1n) is 8.39. The molecule has 8 nitrogen and oxygen atoms in total. The topological polar surface area (TPSA) is 117 Å². The summed E-state index contributed by atoms with van der Waals surface area (Å²) < 4.78 is 15.9. The lowest BCUT2D eigenvalue weighted by Gasteiger charge is -2.18. The Balaban J connectivity index is 1.45. The highest BCUT2D eigenvalue weighted by molar-refractivity contribution is 8.00. The predicted octanol–water partition coefficient (Wildman–Crippen LogP) is 1.83. The smallest absolute Gasteiger partial charge is 0.316 e. The monoisotopic (exact) mass is 402 g/mol. The van der Waals surface area contributed by atoms with E-state index >= 15 is 0 Å². The maximum atomic E-state index is 11.9. The van der Waals surface area contributed by atoms with Gasteiger partial charge in [0.2, 0.25) is 0 Å². The van der Waals surface area contributed by atoms with E-state index in [1.54, 1.807) is 24.3 Å². The highest BCUT2D eigenvalue weighted by Crippen LogP contribution is 2.34. The molecule has 9 heteroatoms. The van der Waals surface area contributed by atoms with E-state index in [2.05, 4.69) is 5.32 Å². The van der Waals surface area contributed by atoms with Crippen molar-refractivity contribution in [1.29, 1.82) is 0 Å². The van der Waals surface area contributed by atoms with Crippen molar-refractivity contribution in [3.8, 4) is 11.5 Å². The Labute approximate surface area is 165 Å². The van der Waals surface area contributed by atoms with Gasteiger partial charge in [-0.3, -0.25) is 14.4 Å². The van der Waals surface area contributed by atoms with E-state index in [0.29, 0.717) is 24.7 Å². The van der Waals surface area contributed by atoms with Gasteiger partial charge in [-0.25, -0.2) is 0 Å². The van der Waals surface area contributed by atoms with E-state index < -0.39 is 24.4 Å². The zero-order chi connectivity index (χ0) is 19.9. The molecule has 0 fully saturated rings. The van der Waals surface area contributed by atoms with Crippen LogP contribution in [0.2, 0.25) is 0 Å². The molecule has 0 saturated heterocycles. The summed E-state index contributed by atoms with van der Waals surface area (Å²) in [7, 11) is 0. The van der Waals surface area contributed by atoms with Crippen molar-refractivity contribution in [3.63, 3.8) is 0 Å². The molecule has 146 valence electrons. The molecule has 1 heterocycles. The van der Waals surface area contributed by atoms with Gasteiger partial charge >= 0.3 is 5.97 Å². The van der Waals surface area contributed by atoms with Crippen LogP contribution in [0.1, 0.15) is 10.4 Å². The molecular weight excluding hydrogens is 384 g/mol. The lowest BCUT2D eigenvalue weighted by Crippen LogP contribution is -2.23. The van der Waals surface area contributed by atoms with Crippen molar-refractivity contribution < 1.29 is 28.6 Å². The fraction of sp³-hybridized carbons (Fsp3) is 0.211. The van der Waals surface area contributed by atoms with E-state index in [4.69, 9.17) is 19.9 Å². The van der Waals surface area contributed by atoms with Gasteiger partial charge in [-0.1, -0.05) is 12.1 Å². The quantitative estimate of drug-likeness (QED) is 0.536. The Hall–Kier alpha value is -3.20. The number of amides is 2. The summed E-state index contributed by atoms with van der Waals surface area (Å²) in [6.07, 6.45) is 0. The number of hydrogen-bond donors (Lipinski definition) is 2. The number of rotatable bonds is 7. The predicted molar refractivity (Wildman–Crippen MR) is 103 cm³/mol. The summed E-state index contributed by atoms with van der Waals surface area (Å²) in [6, 6.07) is 11.7. The highest BCUT2D eigenvalue weighted by atomic mass is 32.2. The number of nitrogens with two attached hydrogens (primary N) is 1. The lowest BCUT2D eigenvalue weighted by atomic mass is 10.1. The first-order chi connectivity index (χ1) is 13.5. The molecule has 0 aromatic heterocycles. The first kappa shape index (κ1) is 19.6. The Bertz CT molecular complexity index is 902. The highest BCUT2D eigenvalue weighted by Gasteiger charge is 2.14. The molecule has 0 spiro atoms.